The first-order chi connectivity index (χ1) is 16.4. The molecule has 2 aromatic carbocycles. The van der Waals surface area contributed by atoms with Crippen LogP contribution in [0.3, 0.4) is 0 Å². The number of hydrogen-bond donors (Lipinski definition) is 1. The highest BCUT2D eigenvalue weighted by molar-refractivity contribution is 5.86. The summed E-state index contributed by atoms with van der Waals surface area (Å²) in [7, 11) is 3.41. The average Bonchev–Trinajstić information content (AvgIpc) is 2.80. The van der Waals surface area contributed by atoms with E-state index in [9.17, 15) is 4.79 Å². The van der Waals surface area contributed by atoms with Crippen LogP contribution in [0.1, 0.15) is 55.2 Å². The van der Waals surface area contributed by atoms with Crippen LogP contribution in [0.25, 0.3) is 17.2 Å². The normalized spacial score (nSPS) is 27.3. The summed E-state index contributed by atoms with van der Waals surface area (Å²) in [5.41, 5.74) is 5.23. The summed E-state index contributed by atoms with van der Waals surface area (Å²) in [5, 5.41) is 9.06. The van der Waals surface area contributed by atoms with Crippen LogP contribution in [0.2, 0.25) is 0 Å². The molecule has 4 aliphatic carbocycles. The lowest BCUT2D eigenvalue weighted by molar-refractivity contribution is -0.131. The van der Waals surface area contributed by atoms with Crippen molar-refractivity contribution in [2.24, 2.45) is 17.8 Å². The monoisotopic (exact) mass is 462 g/mol. The van der Waals surface area contributed by atoms with Crippen molar-refractivity contribution in [3.63, 3.8) is 0 Å². The van der Waals surface area contributed by atoms with E-state index in [1.807, 2.05) is 18.2 Å². The topological polar surface area (TPSA) is 65.0 Å². The molecule has 5 nitrogen and oxygen atoms in total. The second-order valence-corrected chi connectivity index (χ2v) is 10.5. The molecule has 0 atom stereocenters. The van der Waals surface area contributed by atoms with Crippen molar-refractivity contribution in [2.45, 2.75) is 50.9 Å². The number of benzene rings is 2. The first-order valence-corrected chi connectivity index (χ1v) is 12.3. The number of aliphatic carboxylic acids is 1. The molecule has 4 bridgehead atoms. The van der Waals surface area contributed by atoms with Crippen LogP contribution in [-0.2, 0) is 14.9 Å². The molecular formula is C29H34O5. The van der Waals surface area contributed by atoms with E-state index in [1.54, 1.807) is 20.3 Å². The first-order valence-electron chi connectivity index (χ1n) is 12.3. The fourth-order valence-electron chi connectivity index (χ4n) is 7.42. The largest absolute Gasteiger partial charge is 0.496 e. The molecular weight excluding hydrogens is 428 g/mol. The van der Waals surface area contributed by atoms with Crippen molar-refractivity contribution in [3.05, 3.63) is 53.1 Å². The van der Waals surface area contributed by atoms with E-state index in [0.717, 1.165) is 51.5 Å². The second-order valence-electron chi connectivity index (χ2n) is 10.5. The van der Waals surface area contributed by atoms with Crippen molar-refractivity contribution in [1.82, 2.24) is 0 Å². The van der Waals surface area contributed by atoms with Gasteiger partial charge in [0.1, 0.15) is 11.5 Å². The fraction of sp³-hybridized carbons (Fsp3) is 0.483. The zero-order valence-electron chi connectivity index (χ0n) is 20.3. The Bertz CT molecular complexity index is 1080. The van der Waals surface area contributed by atoms with Crippen LogP contribution in [0, 0.1) is 24.7 Å². The molecule has 34 heavy (non-hydrogen) atoms. The standard InChI is InChI=1S/C29H34O5/c1-18-9-24(33-3)27(29-14-20-10-21(15-29)12-22(11-20)16-29)28(34-17-32-2)26(18)23-6-4-5-19(13-23)7-8-25(30)31/h4-9,13,20-22H,10-12,14-17H2,1-3H3,(H,30,31)/b8-7+. The van der Waals surface area contributed by atoms with E-state index in [1.165, 1.54) is 50.2 Å². The van der Waals surface area contributed by atoms with Gasteiger partial charge in [-0.1, -0.05) is 18.2 Å². The van der Waals surface area contributed by atoms with Gasteiger partial charge in [0, 0.05) is 29.7 Å². The van der Waals surface area contributed by atoms with E-state index in [4.69, 9.17) is 19.3 Å². The van der Waals surface area contributed by atoms with Gasteiger partial charge in [0.05, 0.1) is 7.11 Å². The summed E-state index contributed by atoms with van der Waals surface area (Å²) in [6.45, 7) is 2.25. The molecule has 2 aromatic rings. The molecule has 0 aromatic heterocycles. The third-order valence-electron chi connectivity index (χ3n) is 8.15. The van der Waals surface area contributed by atoms with Gasteiger partial charge < -0.3 is 19.3 Å². The Morgan fingerprint density at radius 2 is 1.76 bits per heavy atom. The van der Waals surface area contributed by atoms with Crippen LogP contribution >= 0.6 is 0 Å². The van der Waals surface area contributed by atoms with E-state index >= 15 is 0 Å². The summed E-state index contributed by atoms with van der Waals surface area (Å²) in [6, 6.07) is 10.1. The van der Waals surface area contributed by atoms with Crippen LogP contribution < -0.4 is 9.47 Å². The molecule has 1 N–H and O–H groups in total. The number of methoxy groups -OCH3 is 2. The zero-order chi connectivity index (χ0) is 23.9. The Hall–Kier alpha value is -2.79. The maximum atomic E-state index is 11.0. The molecule has 0 amide bonds. The van der Waals surface area contributed by atoms with E-state index in [2.05, 4.69) is 19.1 Å². The molecule has 0 radical (unpaired) electrons. The number of aryl methyl sites for hydroxylation is 1. The van der Waals surface area contributed by atoms with Crippen molar-refractivity contribution in [3.8, 4) is 22.6 Å². The highest BCUT2D eigenvalue weighted by Gasteiger charge is 2.54. The Morgan fingerprint density at radius 3 is 2.35 bits per heavy atom. The van der Waals surface area contributed by atoms with Gasteiger partial charge in [-0.05, 0) is 98.1 Å². The second kappa shape index (κ2) is 9.10. The third kappa shape index (κ3) is 4.11. The summed E-state index contributed by atoms with van der Waals surface area (Å²) >= 11 is 0. The summed E-state index contributed by atoms with van der Waals surface area (Å²) in [4.78, 5) is 11.0. The Balaban J connectivity index is 1.69. The first kappa shape index (κ1) is 23.0. The van der Waals surface area contributed by atoms with E-state index in [0.29, 0.717) is 0 Å². The Labute approximate surface area is 201 Å². The number of ether oxygens (including phenoxy) is 3. The molecule has 4 fully saturated rings. The smallest absolute Gasteiger partial charge is 0.328 e. The number of carboxylic acids is 1. The number of carboxylic acid groups (broad SMARTS) is 1. The van der Waals surface area contributed by atoms with E-state index < -0.39 is 5.97 Å². The summed E-state index contributed by atoms with van der Waals surface area (Å²) in [5.74, 6) is 3.19. The molecule has 0 aliphatic heterocycles. The van der Waals surface area contributed by atoms with Crippen LogP contribution in [0.4, 0.5) is 0 Å². The van der Waals surface area contributed by atoms with Gasteiger partial charge in [-0.15, -0.1) is 0 Å². The van der Waals surface area contributed by atoms with Crippen molar-refractivity contribution in [1.29, 1.82) is 0 Å². The quantitative estimate of drug-likeness (QED) is 0.373. The molecule has 0 unspecified atom stereocenters. The SMILES string of the molecule is COCOc1c(-c2cccc(/C=C/C(=O)O)c2)c(C)cc(OC)c1C12CC3CC(CC(C3)C1)C2. The zero-order valence-corrected chi connectivity index (χ0v) is 20.3. The minimum atomic E-state index is -0.959. The van der Waals surface area contributed by atoms with Crippen LogP contribution in [0.15, 0.2) is 36.4 Å². The highest BCUT2D eigenvalue weighted by Crippen LogP contribution is 2.64. The number of hydrogen-bond acceptors (Lipinski definition) is 4. The molecule has 5 heteroatoms. The summed E-state index contributed by atoms with van der Waals surface area (Å²) in [6.07, 6.45) is 10.5. The van der Waals surface area contributed by atoms with Gasteiger partial charge in [0.15, 0.2) is 6.79 Å². The molecule has 0 spiro atoms. The average molecular weight is 463 g/mol. The van der Waals surface area contributed by atoms with Gasteiger partial charge in [-0.2, -0.15) is 0 Å². The minimum absolute atomic E-state index is 0.0758. The van der Waals surface area contributed by atoms with Crippen molar-refractivity contribution < 1.29 is 24.1 Å². The lowest BCUT2D eigenvalue weighted by Crippen LogP contribution is -2.48. The van der Waals surface area contributed by atoms with Crippen LogP contribution in [0.5, 0.6) is 11.5 Å². The highest BCUT2D eigenvalue weighted by atomic mass is 16.7. The van der Waals surface area contributed by atoms with Gasteiger partial charge in [-0.3, -0.25) is 0 Å². The molecule has 0 saturated heterocycles. The van der Waals surface area contributed by atoms with Gasteiger partial charge in [0.25, 0.3) is 0 Å². The van der Waals surface area contributed by atoms with Crippen molar-refractivity contribution in [2.75, 3.05) is 21.0 Å². The number of carbonyl (C=O) groups is 1. The maximum Gasteiger partial charge on any atom is 0.328 e. The Kier molecular flexibility index (Phi) is 6.15. The van der Waals surface area contributed by atoms with Gasteiger partial charge >= 0.3 is 5.97 Å². The number of rotatable bonds is 8. The molecule has 180 valence electrons. The molecule has 4 saturated carbocycles. The predicted molar refractivity (Wildman–Crippen MR) is 132 cm³/mol. The van der Waals surface area contributed by atoms with Crippen LogP contribution in [-0.4, -0.2) is 32.1 Å². The van der Waals surface area contributed by atoms with Crippen molar-refractivity contribution >= 4 is 12.0 Å². The van der Waals surface area contributed by atoms with Gasteiger partial charge in [0.2, 0.25) is 0 Å². The minimum Gasteiger partial charge on any atom is -0.496 e. The lowest BCUT2D eigenvalue weighted by atomic mass is 9.47. The maximum absolute atomic E-state index is 11.0. The fourth-order valence-corrected chi connectivity index (χ4v) is 7.42. The molecule has 6 rings (SSSR count). The van der Waals surface area contributed by atoms with E-state index in [-0.39, 0.29) is 12.2 Å². The Morgan fingerprint density at radius 1 is 1.09 bits per heavy atom. The third-order valence-corrected chi connectivity index (χ3v) is 8.15. The molecule has 0 heterocycles. The summed E-state index contributed by atoms with van der Waals surface area (Å²) < 4.78 is 17.8. The predicted octanol–water partition coefficient (Wildman–Crippen LogP) is 6.22. The van der Waals surface area contributed by atoms with Gasteiger partial charge in [-0.25, -0.2) is 4.79 Å². The lowest BCUT2D eigenvalue weighted by Gasteiger charge is -2.57. The molecule has 4 aliphatic rings.